The first-order valence-corrected chi connectivity index (χ1v) is 18.3. The van der Waals surface area contributed by atoms with Crippen molar-refractivity contribution in [2.24, 2.45) is 0 Å². The minimum Gasteiger partial charge on any atom is -0.228 e. The van der Waals surface area contributed by atoms with Crippen molar-refractivity contribution in [2.75, 3.05) is 0 Å². The third-order valence-corrected chi connectivity index (χ3v) is 11.7. The number of hydrogen-bond donors (Lipinski definition) is 0. The van der Waals surface area contributed by atoms with Gasteiger partial charge in [-0.15, -0.1) is 0 Å². The predicted octanol–water partition coefficient (Wildman–Crippen LogP) is 12.9. The van der Waals surface area contributed by atoms with E-state index in [-0.39, 0.29) is 10.8 Å². The van der Waals surface area contributed by atoms with Gasteiger partial charge in [0.05, 0.1) is 11.4 Å². The number of fused-ring (bicyclic) bond motifs is 7. The Bertz CT molecular complexity index is 2730. The Morgan fingerprint density at radius 2 is 0.827 bits per heavy atom. The maximum Gasteiger partial charge on any atom is 0.161 e. The molecule has 0 saturated heterocycles. The van der Waals surface area contributed by atoms with Gasteiger partial charge in [0.25, 0.3) is 0 Å². The highest BCUT2D eigenvalue weighted by Crippen LogP contribution is 2.51. The molecule has 0 saturated carbocycles. The van der Waals surface area contributed by atoms with Crippen LogP contribution in [0.2, 0.25) is 0 Å². The van der Waals surface area contributed by atoms with Gasteiger partial charge in [0.2, 0.25) is 0 Å². The molecule has 0 radical (unpaired) electrons. The molecule has 0 atom stereocenters. The molecule has 0 spiro atoms. The second-order valence-corrected chi connectivity index (χ2v) is 15.4. The van der Waals surface area contributed by atoms with E-state index < -0.39 is 0 Å². The first-order chi connectivity index (χ1) is 25.3. The minimum atomic E-state index is -0.0958. The van der Waals surface area contributed by atoms with E-state index in [1.165, 1.54) is 61.0 Å². The van der Waals surface area contributed by atoms with Gasteiger partial charge in [0, 0.05) is 27.5 Å². The normalized spacial score (nSPS) is 14.5. The molecule has 0 unspecified atom stereocenters. The van der Waals surface area contributed by atoms with Gasteiger partial charge in [-0.05, 0) is 90.7 Å². The van der Waals surface area contributed by atoms with Crippen LogP contribution in [0.1, 0.15) is 49.9 Å². The van der Waals surface area contributed by atoms with Gasteiger partial charge in [-0.25, -0.2) is 9.97 Å². The van der Waals surface area contributed by atoms with E-state index in [1.54, 1.807) is 0 Å². The first-order valence-electron chi connectivity index (χ1n) is 18.3. The molecular formula is C50H38N2. The lowest BCUT2D eigenvalue weighted by Crippen LogP contribution is -2.14. The van der Waals surface area contributed by atoms with Crippen LogP contribution in [-0.4, -0.2) is 9.97 Å². The zero-order valence-electron chi connectivity index (χ0n) is 29.9. The van der Waals surface area contributed by atoms with Gasteiger partial charge in [-0.3, -0.25) is 0 Å². The van der Waals surface area contributed by atoms with Gasteiger partial charge in [0.1, 0.15) is 0 Å². The maximum atomic E-state index is 5.35. The number of benzene rings is 7. The summed E-state index contributed by atoms with van der Waals surface area (Å²) in [5.41, 5.74) is 18.1. The quantitative estimate of drug-likeness (QED) is 0.187. The van der Waals surface area contributed by atoms with Crippen molar-refractivity contribution in [3.05, 3.63) is 180 Å². The van der Waals surface area contributed by atoms with Gasteiger partial charge in [-0.1, -0.05) is 161 Å². The Balaban J connectivity index is 1.14. The molecule has 2 aliphatic rings. The van der Waals surface area contributed by atoms with Crippen molar-refractivity contribution < 1.29 is 0 Å². The smallest absolute Gasteiger partial charge is 0.161 e. The van der Waals surface area contributed by atoms with Gasteiger partial charge < -0.3 is 0 Å². The van der Waals surface area contributed by atoms with Gasteiger partial charge >= 0.3 is 0 Å². The van der Waals surface area contributed by atoms with Crippen molar-refractivity contribution >= 4 is 10.8 Å². The molecule has 1 heterocycles. The first kappa shape index (κ1) is 30.7. The molecule has 2 aliphatic carbocycles. The van der Waals surface area contributed by atoms with E-state index >= 15 is 0 Å². The number of aromatic nitrogens is 2. The highest BCUT2D eigenvalue weighted by molar-refractivity contribution is 6.05. The van der Waals surface area contributed by atoms with Crippen molar-refractivity contribution in [1.29, 1.82) is 0 Å². The fourth-order valence-corrected chi connectivity index (χ4v) is 8.97. The molecule has 0 N–H and O–H groups in total. The number of rotatable bonds is 4. The molecule has 2 heteroatoms. The van der Waals surface area contributed by atoms with Crippen LogP contribution in [0.15, 0.2) is 158 Å². The lowest BCUT2D eigenvalue weighted by Gasteiger charge is -2.22. The molecule has 0 bridgehead atoms. The molecule has 2 nitrogen and oxygen atoms in total. The standard InChI is InChI=1S/C50H38N2/c1-49(2)43-21-13-11-19-38(43)41-28-32(23-27-44(41)49)34-25-26-40(36-17-9-8-16-35(34)36)48-51-46(31-14-6-5-7-15-31)30-47(52-48)33-22-24-39-37-18-10-12-20-42(37)50(3,4)45(39)29-33/h5-30H,1-4H3. The second-order valence-electron chi connectivity index (χ2n) is 15.4. The summed E-state index contributed by atoms with van der Waals surface area (Å²) < 4.78 is 0. The highest BCUT2D eigenvalue weighted by Gasteiger charge is 2.36. The van der Waals surface area contributed by atoms with Gasteiger partial charge in [-0.2, -0.15) is 0 Å². The van der Waals surface area contributed by atoms with E-state index in [4.69, 9.17) is 9.97 Å². The SMILES string of the molecule is CC1(C)c2ccccc2-c2cc(-c3ccc(-c4nc(-c5ccccc5)cc(-c5ccc6c(c5)C(C)(C)c5ccccc5-6)n4)c4ccccc34)ccc21. The fraction of sp³-hybridized carbons (Fsp3) is 0.120. The summed E-state index contributed by atoms with van der Waals surface area (Å²) in [6, 6.07) is 57.4. The van der Waals surface area contributed by atoms with Crippen LogP contribution >= 0.6 is 0 Å². The molecule has 248 valence electrons. The number of hydrogen-bond acceptors (Lipinski definition) is 2. The van der Waals surface area contributed by atoms with Crippen molar-refractivity contribution in [2.45, 2.75) is 38.5 Å². The molecule has 7 aromatic carbocycles. The molecule has 0 fully saturated rings. The lowest BCUT2D eigenvalue weighted by atomic mass is 9.82. The highest BCUT2D eigenvalue weighted by atomic mass is 14.9. The Morgan fingerprint density at radius 3 is 1.56 bits per heavy atom. The molecule has 8 aromatic rings. The molecule has 0 aliphatic heterocycles. The average molecular weight is 667 g/mol. The second kappa shape index (κ2) is 11.2. The fourth-order valence-electron chi connectivity index (χ4n) is 8.97. The van der Waals surface area contributed by atoms with Crippen LogP contribution < -0.4 is 0 Å². The zero-order valence-corrected chi connectivity index (χ0v) is 29.9. The van der Waals surface area contributed by atoms with Crippen LogP contribution in [0.3, 0.4) is 0 Å². The minimum absolute atomic E-state index is 0.0201. The Morgan fingerprint density at radius 1 is 0.327 bits per heavy atom. The summed E-state index contributed by atoms with van der Waals surface area (Å²) >= 11 is 0. The van der Waals surface area contributed by atoms with Crippen molar-refractivity contribution in [1.82, 2.24) is 9.97 Å². The summed E-state index contributed by atoms with van der Waals surface area (Å²) in [7, 11) is 0. The molecule has 10 rings (SSSR count). The van der Waals surface area contributed by atoms with Crippen molar-refractivity contribution in [3.63, 3.8) is 0 Å². The monoisotopic (exact) mass is 666 g/mol. The molecule has 0 amide bonds. The average Bonchev–Trinajstić information content (AvgIpc) is 3.56. The van der Waals surface area contributed by atoms with E-state index in [0.717, 1.165) is 39.3 Å². The summed E-state index contributed by atoms with van der Waals surface area (Å²) in [5, 5.41) is 2.33. The van der Waals surface area contributed by atoms with E-state index in [2.05, 4.69) is 185 Å². The third kappa shape index (κ3) is 4.50. The Labute approximate surface area is 305 Å². The molecule has 1 aromatic heterocycles. The molecular weight excluding hydrogens is 629 g/mol. The topological polar surface area (TPSA) is 25.8 Å². The predicted molar refractivity (Wildman–Crippen MR) is 216 cm³/mol. The van der Waals surface area contributed by atoms with E-state index in [1.807, 2.05) is 0 Å². The Kier molecular flexibility index (Phi) is 6.60. The van der Waals surface area contributed by atoms with E-state index in [9.17, 15) is 0 Å². The zero-order chi connectivity index (χ0) is 35.2. The van der Waals surface area contributed by atoms with Crippen molar-refractivity contribution in [3.8, 4) is 67.3 Å². The van der Waals surface area contributed by atoms with Crippen LogP contribution in [0.4, 0.5) is 0 Å². The van der Waals surface area contributed by atoms with Crippen LogP contribution in [0, 0.1) is 0 Å². The lowest BCUT2D eigenvalue weighted by molar-refractivity contribution is 0.660. The van der Waals surface area contributed by atoms with Gasteiger partial charge in [0.15, 0.2) is 5.82 Å². The van der Waals surface area contributed by atoms with E-state index in [0.29, 0.717) is 0 Å². The Hall–Kier alpha value is -6.12. The number of nitrogens with zero attached hydrogens (tertiary/aromatic N) is 2. The maximum absolute atomic E-state index is 5.35. The summed E-state index contributed by atoms with van der Waals surface area (Å²) in [4.78, 5) is 10.6. The summed E-state index contributed by atoms with van der Waals surface area (Å²) in [5.74, 6) is 0.728. The molecule has 52 heavy (non-hydrogen) atoms. The largest absolute Gasteiger partial charge is 0.228 e. The summed E-state index contributed by atoms with van der Waals surface area (Å²) in [6.07, 6.45) is 0. The van der Waals surface area contributed by atoms with Crippen LogP contribution in [-0.2, 0) is 10.8 Å². The summed E-state index contributed by atoms with van der Waals surface area (Å²) in [6.45, 7) is 9.33. The van der Waals surface area contributed by atoms with Crippen LogP contribution in [0.25, 0.3) is 78.1 Å². The van der Waals surface area contributed by atoms with Crippen LogP contribution in [0.5, 0.6) is 0 Å². The third-order valence-electron chi connectivity index (χ3n) is 11.7.